The van der Waals surface area contributed by atoms with E-state index in [9.17, 15) is 19.2 Å². The summed E-state index contributed by atoms with van der Waals surface area (Å²) < 4.78 is 11.0. The lowest BCUT2D eigenvalue weighted by Gasteiger charge is -2.25. The van der Waals surface area contributed by atoms with Crippen LogP contribution >= 0.6 is 0 Å². The molecule has 1 heterocycles. The molecule has 2 amide bonds. The van der Waals surface area contributed by atoms with Crippen LogP contribution in [0.4, 0.5) is 5.69 Å². The zero-order valence-corrected chi connectivity index (χ0v) is 20.5. The topological polar surface area (TPSA) is 90.0 Å². The number of fused-ring (bicyclic) bond motifs is 1. The summed E-state index contributed by atoms with van der Waals surface area (Å²) in [6, 6.07) is 21.6. The first kappa shape index (κ1) is 24.4. The smallest absolute Gasteiger partial charge is 0.343 e. The van der Waals surface area contributed by atoms with Gasteiger partial charge in [-0.25, -0.2) is 4.79 Å². The number of hydrogen-bond donors (Lipinski definition) is 0. The van der Waals surface area contributed by atoms with Crippen LogP contribution in [-0.2, 0) is 9.59 Å². The Bertz CT molecular complexity index is 1320. The highest BCUT2D eigenvalue weighted by Crippen LogP contribution is 2.42. The van der Waals surface area contributed by atoms with Crippen molar-refractivity contribution >= 4 is 29.3 Å². The van der Waals surface area contributed by atoms with Crippen LogP contribution in [0.3, 0.4) is 0 Å². The number of esters is 1. The summed E-state index contributed by atoms with van der Waals surface area (Å²) in [5.41, 5.74) is 1.38. The number of benzene rings is 3. The molecule has 0 unspecified atom stereocenters. The van der Waals surface area contributed by atoms with Crippen molar-refractivity contribution in [3.8, 4) is 11.5 Å². The molecule has 7 nitrogen and oxygen atoms in total. The van der Waals surface area contributed by atoms with E-state index in [1.54, 1.807) is 72.8 Å². The second-order valence-electron chi connectivity index (χ2n) is 9.63. The number of Topliss-reactive ketones (excluding diaryl/α,β-unsaturated/α-hetero) is 1. The molecule has 5 rings (SSSR count). The SMILES string of the molecule is C[C@@H]1CC[C@H]2C(=O)N(c3ccc(OCC(=O)c4ccc(OC(=O)c5ccccc5)cc4)cc3)C(=O)[C@H]2C1. The van der Waals surface area contributed by atoms with E-state index in [1.807, 2.05) is 6.07 Å². The predicted molar refractivity (Wildman–Crippen MR) is 137 cm³/mol. The molecule has 0 radical (unpaired) electrons. The van der Waals surface area contributed by atoms with E-state index in [2.05, 4.69) is 6.92 Å². The first-order valence-corrected chi connectivity index (χ1v) is 12.4. The van der Waals surface area contributed by atoms with Gasteiger partial charge in [-0.2, -0.15) is 0 Å². The van der Waals surface area contributed by atoms with Gasteiger partial charge < -0.3 is 9.47 Å². The molecule has 0 aromatic heterocycles. The van der Waals surface area contributed by atoms with Crippen molar-refractivity contribution in [2.75, 3.05) is 11.5 Å². The van der Waals surface area contributed by atoms with Gasteiger partial charge in [0.1, 0.15) is 11.5 Å². The minimum atomic E-state index is -0.475. The van der Waals surface area contributed by atoms with Crippen LogP contribution < -0.4 is 14.4 Å². The molecule has 3 aromatic rings. The monoisotopic (exact) mass is 497 g/mol. The number of carbonyl (C=O) groups is 4. The number of anilines is 1. The number of ketones is 1. The molecular formula is C30H27NO6. The maximum Gasteiger partial charge on any atom is 0.343 e. The molecule has 0 bridgehead atoms. The lowest BCUT2D eigenvalue weighted by atomic mass is 9.76. The summed E-state index contributed by atoms with van der Waals surface area (Å²) in [7, 11) is 0. The van der Waals surface area contributed by atoms with E-state index in [1.165, 1.54) is 4.90 Å². The first-order valence-electron chi connectivity index (χ1n) is 12.4. The number of hydrogen-bond acceptors (Lipinski definition) is 6. The highest BCUT2D eigenvalue weighted by molar-refractivity contribution is 6.22. The maximum atomic E-state index is 12.9. The van der Waals surface area contributed by atoms with Crippen molar-refractivity contribution in [1.82, 2.24) is 0 Å². The van der Waals surface area contributed by atoms with Crippen molar-refractivity contribution in [2.45, 2.75) is 26.2 Å². The molecule has 2 aliphatic rings. The lowest BCUT2D eigenvalue weighted by Crippen LogP contribution is -2.30. The Morgan fingerprint density at radius 2 is 1.43 bits per heavy atom. The molecule has 0 spiro atoms. The summed E-state index contributed by atoms with van der Waals surface area (Å²) in [4.78, 5) is 51.8. The van der Waals surface area contributed by atoms with Crippen molar-refractivity contribution in [3.63, 3.8) is 0 Å². The molecule has 1 saturated carbocycles. The summed E-state index contributed by atoms with van der Waals surface area (Å²) in [5.74, 6) is -0.162. The van der Waals surface area contributed by atoms with Crippen LogP contribution in [0.25, 0.3) is 0 Å². The minimum Gasteiger partial charge on any atom is -0.485 e. The van der Waals surface area contributed by atoms with Gasteiger partial charge in [-0.1, -0.05) is 25.1 Å². The van der Waals surface area contributed by atoms with E-state index >= 15 is 0 Å². The van der Waals surface area contributed by atoms with E-state index in [-0.39, 0.29) is 36.0 Å². The molecule has 3 aromatic carbocycles. The third-order valence-corrected chi connectivity index (χ3v) is 7.05. The van der Waals surface area contributed by atoms with Gasteiger partial charge in [-0.05, 0) is 85.8 Å². The van der Waals surface area contributed by atoms with Crippen molar-refractivity contribution in [1.29, 1.82) is 0 Å². The van der Waals surface area contributed by atoms with Gasteiger partial charge in [-0.15, -0.1) is 0 Å². The van der Waals surface area contributed by atoms with Gasteiger partial charge in [-0.3, -0.25) is 19.3 Å². The number of nitrogens with zero attached hydrogens (tertiary/aromatic N) is 1. The van der Waals surface area contributed by atoms with Crippen LogP contribution in [0.15, 0.2) is 78.9 Å². The van der Waals surface area contributed by atoms with E-state index in [0.29, 0.717) is 34.2 Å². The van der Waals surface area contributed by atoms with Gasteiger partial charge in [0.25, 0.3) is 0 Å². The highest BCUT2D eigenvalue weighted by atomic mass is 16.5. The largest absolute Gasteiger partial charge is 0.485 e. The lowest BCUT2D eigenvalue weighted by molar-refractivity contribution is -0.122. The standard InChI is InChI=1S/C30H27NO6/c1-19-7-16-25-26(17-19)29(34)31(28(25)33)22-10-14-23(15-11-22)36-18-27(32)20-8-12-24(13-9-20)37-30(35)21-5-3-2-4-6-21/h2-6,8-15,19,25-26H,7,16-18H2,1H3/t19-,25-,26+/m1/s1. The quantitative estimate of drug-likeness (QED) is 0.195. The average molecular weight is 498 g/mol. The van der Waals surface area contributed by atoms with Gasteiger partial charge in [0.2, 0.25) is 11.8 Å². The Labute approximate surface area is 215 Å². The number of rotatable bonds is 7. The third-order valence-electron chi connectivity index (χ3n) is 7.05. The first-order chi connectivity index (χ1) is 17.9. The van der Waals surface area contributed by atoms with E-state index < -0.39 is 5.97 Å². The Kier molecular flexibility index (Phi) is 6.86. The van der Waals surface area contributed by atoms with Gasteiger partial charge in [0.05, 0.1) is 23.1 Å². The second-order valence-corrected chi connectivity index (χ2v) is 9.63. The molecule has 188 valence electrons. The molecule has 7 heteroatoms. The molecule has 2 fully saturated rings. The van der Waals surface area contributed by atoms with Gasteiger partial charge >= 0.3 is 5.97 Å². The summed E-state index contributed by atoms with van der Waals surface area (Å²) in [5, 5.41) is 0. The van der Waals surface area contributed by atoms with Crippen molar-refractivity contribution in [3.05, 3.63) is 90.0 Å². The Morgan fingerprint density at radius 3 is 2.14 bits per heavy atom. The van der Waals surface area contributed by atoms with E-state index in [0.717, 1.165) is 19.3 Å². The molecule has 3 atom stereocenters. The number of imide groups is 1. The summed E-state index contributed by atoms with van der Waals surface area (Å²) in [6.07, 6.45) is 2.48. The number of amides is 2. The zero-order valence-electron chi connectivity index (χ0n) is 20.5. The predicted octanol–water partition coefficient (Wildman–Crippen LogP) is 5.09. The van der Waals surface area contributed by atoms with Crippen LogP contribution in [0.5, 0.6) is 11.5 Å². The van der Waals surface area contributed by atoms with Crippen LogP contribution in [0.1, 0.15) is 46.9 Å². The molecule has 1 saturated heterocycles. The Hall–Kier alpha value is -4.26. The summed E-state index contributed by atoms with van der Waals surface area (Å²) in [6.45, 7) is 1.94. The number of carbonyl (C=O) groups excluding carboxylic acids is 4. The van der Waals surface area contributed by atoms with Gasteiger partial charge in [0, 0.05) is 5.56 Å². The fourth-order valence-electron chi connectivity index (χ4n) is 5.02. The van der Waals surface area contributed by atoms with Crippen molar-refractivity contribution in [2.24, 2.45) is 17.8 Å². The Morgan fingerprint density at radius 1 is 0.784 bits per heavy atom. The van der Waals surface area contributed by atoms with Crippen LogP contribution in [-0.4, -0.2) is 30.2 Å². The second kappa shape index (κ2) is 10.4. The number of ether oxygens (including phenoxy) is 2. The maximum absolute atomic E-state index is 12.9. The third kappa shape index (κ3) is 5.16. The van der Waals surface area contributed by atoms with Crippen molar-refractivity contribution < 1.29 is 28.7 Å². The molecular weight excluding hydrogens is 470 g/mol. The molecule has 0 N–H and O–H groups in total. The van der Waals surface area contributed by atoms with Crippen LogP contribution in [0.2, 0.25) is 0 Å². The molecule has 1 aliphatic carbocycles. The molecule has 37 heavy (non-hydrogen) atoms. The highest BCUT2D eigenvalue weighted by Gasteiger charge is 2.49. The average Bonchev–Trinajstić information content (AvgIpc) is 3.17. The Balaban J connectivity index is 1.16. The fourth-order valence-corrected chi connectivity index (χ4v) is 5.02. The fraction of sp³-hybridized carbons (Fsp3) is 0.267. The minimum absolute atomic E-state index is 0.122. The van der Waals surface area contributed by atoms with Crippen LogP contribution in [0, 0.1) is 17.8 Å². The van der Waals surface area contributed by atoms with Gasteiger partial charge in [0.15, 0.2) is 12.4 Å². The zero-order chi connectivity index (χ0) is 25.9. The normalized spacial score (nSPS) is 20.9. The summed E-state index contributed by atoms with van der Waals surface area (Å²) >= 11 is 0. The van der Waals surface area contributed by atoms with E-state index in [4.69, 9.17) is 9.47 Å². The molecule has 1 aliphatic heterocycles.